The highest BCUT2D eigenvalue weighted by atomic mass is 16.5. The number of carbonyl (C=O) groups is 2. The first-order chi connectivity index (χ1) is 16.0. The van der Waals surface area contributed by atoms with E-state index in [4.69, 9.17) is 9.47 Å². The summed E-state index contributed by atoms with van der Waals surface area (Å²) in [6.07, 6.45) is 0.215. The maximum Gasteiger partial charge on any atom is 0.252 e. The molecule has 2 aliphatic rings. The third-order valence-electron chi connectivity index (χ3n) is 6.32. The average molecular weight is 443 g/mol. The zero-order valence-electron chi connectivity index (χ0n) is 18.8. The van der Waals surface area contributed by atoms with Gasteiger partial charge >= 0.3 is 0 Å². The molecule has 3 aromatic rings. The lowest BCUT2D eigenvalue weighted by molar-refractivity contribution is -0.132. The van der Waals surface area contributed by atoms with E-state index in [2.05, 4.69) is 42.6 Å². The van der Waals surface area contributed by atoms with Gasteiger partial charge < -0.3 is 19.7 Å². The zero-order valence-corrected chi connectivity index (χ0v) is 18.8. The van der Waals surface area contributed by atoms with Crippen LogP contribution in [0.15, 0.2) is 60.7 Å². The third kappa shape index (κ3) is 4.04. The predicted molar refractivity (Wildman–Crippen MR) is 125 cm³/mol. The van der Waals surface area contributed by atoms with E-state index >= 15 is 0 Å². The van der Waals surface area contributed by atoms with Gasteiger partial charge in [-0.1, -0.05) is 48.0 Å². The van der Waals surface area contributed by atoms with Crippen molar-refractivity contribution in [1.29, 1.82) is 0 Å². The number of amides is 2. The van der Waals surface area contributed by atoms with E-state index in [1.807, 2.05) is 24.3 Å². The fourth-order valence-electron chi connectivity index (χ4n) is 4.55. The van der Waals surface area contributed by atoms with Crippen molar-refractivity contribution in [3.8, 4) is 22.6 Å². The minimum atomic E-state index is -0.307. The van der Waals surface area contributed by atoms with Crippen LogP contribution in [0.3, 0.4) is 0 Å². The summed E-state index contributed by atoms with van der Waals surface area (Å²) in [5.41, 5.74) is 5.72. The summed E-state index contributed by atoms with van der Waals surface area (Å²) in [7, 11) is 1.63. The van der Waals surface area contributed by atoms with E-state index in [-0.39, 0.29) is 24.3 Å². The van der Waals surface area contributed by atoms with Crippen LogP contribution in [0.5, 0.6) is 11.5 Å². The Morgan fingerprint density at radius 2 is 1.91 bits per heavy atom. The second kappa shape index (κ2) is 8.62. The second-order valence-corrected chi connectivity index (χ2v) is 8.51. The van der Waals surface area contributed by atoms with E-state index < -0.39 is 0 Å². The van der Waals surface area contributed by atoms with Crippen molar-refractivity contribution in [2.45, 2.75) is 25.9 Å². The van der Waals surface area contributed by atoms with Crippen LogP contribution >= 0.6 is 0 Å². The number of carbonyl (C=O) groups excluding carboxylic acids is 2. The van der Waals surface area contributed by atoms with Crippen molar-refractivity contribution in [1.82, 2.24) is 10.2 Å². The van der Waals surface area contributed by atoms with Crippen LogP contribution in [-0.4, -0.2) is 37.0 Å². The number of nitrogens with zero attached hydrogens (tertiary/aromatic N) is 1. The highest BCUT2D eigenvalue weighted by molar-refractivity contribution is 5.99. The molecule has 0 radical (unpaired) electrons. The van der Waals surface area contributed by atoms with Crippen LogP contribution < -0.4 is 14.8 Å². The summed E-state index contributed by atoms with van der Waals surface area (Å²) in [5, 5.41) is 2.94. The van der Waals surface area contributed by atoms with Crippen LogP contribution in [0.2, 0.25) is 0 Å². The van der Waals surface area contributed by atoms with Crippen molar-refractivity contribution >= 4 is 11.8 Å². The standard InChI is InChI=1S/C27H26N2O4/c1-17-7-9-18(10-8-17)19-13-20-16-29(11-12-33-26(20)24(14-19)32-2)25(30)15-23-21-5-3-4-6-22(21)27(31)28-23/h3-10,13-14,23H,11-12,15-16H2,1-2H3,(H,28,31). The van der Waals surface area contributed by atoms with Gasteiger partial charge in [-0.15, -0.1) is 0 Å². The molecule has 2 heterocycles. The van der Waals surface area contributed by atoms with Crippen LogP contribution in [0, 0.1) is 6.92 Å². The maximum absolute atomic E-state index is 13.3. The van der Waals surface area contributed by atoms with Crippen LogP contribution in [0.25, 0.3) is 11.1 Å². The van der Waals surface area contributed by atoms with E-state index in [9.17, 15) is 9.59 Å². The molecule has 1 atom stereocenters. The van der Waals surface area contributed by atoms with E-state index in [0.29, 0.717) is 36.8 Å². The van der Waals surface area contributed by atoms with Crippen LogP contribution in [0.4, 0.5) is 0 Å². The molecule has 2 amide bonds. The summed E-state index contributed by atoms with van der Waals surface area (Å²) in [4.78, 5) is 27.3. The van der Waals surface area contributed by atoms with Crippen molar-refractivity contribution < 1.29 is 19.1 Å². The van der Waals surface area contributed by atoms with Gasteiger partial charge in [-0.3, -0.25) is 9.59 Å². The smallest absolute Gasteiger partial charge is 0.252 e. The molecule has 0 aliphatic carbocycles. The number of rotatable bonds is 4. The summed E-state index contributed by atoms with van der Waals surface area (Å²) in [5.74, 6) is 1.20. The molecule has 0 bridgehead atoms. The SMILES string of the molecule is COc1cc(-c2ccc(C)cc2)cc2c1OCCN(C(=O)CC1NC(=O)c3ccccc31)C2. The van der Waals surface area contributed by atoms with Gasteiger partial charge in [-0.05, 0) is 41.8 Å². The van der Waals surface area contributed by atoms with Crippen molar-refractivity contribution in [3.63, 3.8) is 0 Å². The number of hydrogen-bond acceptors (Lipinski definition) is 4. The van der Waals surface area contributed by atoms with E-state index in [1.54, 1.807) is 18.1 Å². The fraction of sp³-hybridized carbons (Fsp3) is 0.259. The van der Waals surface area contributed by atoms with Gasteiger partial charge in [0.2, 0.25) is 5.91 Å². The van der Waals surface area contributed by atoms with E-state index in [0.717, 1.165) is 22.3 Å². The number of aryl methyl sites for hydroxylation is 1. The summed E-state index contributed by atoms with van der Waals surface area (Å²) >= 11 is 0. The van der Waals surface area contributed by atoms with Gasteiger partial charge in [0.1, 0.15) is 6.61 Å². The molecule has 0 saturated heterocycles. The van der Waals surface area contributed by atoms with Gasteiger partial charge in [0, 0.05) is 17.7 Å². The van der Waals surface area contributed by atoms with Gasteiger partial charge in [0.25, 0.3) is 5.91 Å². The number of hydrogen-bond donors (Lipinski definition) is 1. The molecule has 0 spiro atoms. The molecule has 0 saturated carbocycles. The van der Waals surface area contributed by atoms with Crippen LogP contribution in [-0.2, 0) is 11.3 Å². The quantitative estimate of drug-likeness (QED) is 0.655. The van der Waals surface area contributed by atoms with Crippen molar-refractivity contribution in [2.24, 2.45) is 0 Å². The molecular formula is C27H26N2O4. The van der Waals surface area contributed by atoms with Crippen LogP contribution in [0.1, 0.15) is 39.5 Å². The molecule has 6 nitrogen and oxygen atoms in total. The number of benzene rings is 3. The Balaban J connectivity index is 1.41. The molecule has 3 aromatic carbocycles. The Hall–Kier alpha value is -3.80. The molecule has 0 aromatic heterocycles. The minimum absolute atomic E-state index is 0.0202. The number of fused-ring (bicyclic) bond motifs is 2. The molecule has 1 N–H and O–H groups in total. The largest absolute Gasteiger partial charge is 0.493 e. The Morgan fingerprint density at radius 3 is 2.70 bits per heavy atom. The summed E-state index contributed by atoms with van der Waals surface area (Å²) < 4.78 is 11.6. The molecular weight excluding hydrogens is 416 g/mol. The highest BCUT2D eigenvalue weighted by Gasteiger charge is 2.32. The number of nitrogens with one attached hydrogen (secondary N) is 1. The Morgan fingerprint density at radius 1 is 1.12 bits per heavy atom. The molecule has 33 heavy (non-hydrogen) atoms. The monoisotopic (exact) mass is 442 g/mol. The van der Waals surface area contributed by atoms with Gasteiger partial charge in [0.05, 0.1) is 26.1 Å². The number of methoxy groups -OCH3 is 1. The molecule has 1 unspecified atom stereocenters. The van der Waals surface area contributed by atoms with E-state index in [1.165, 1.54) is 5.56 Å². The molecule has 5 rings (SSSR count). The Labute approximate surface area is 193 Å². The Bertz CT molecular complexity index is 1220. The molecule has 0 fully saturated rings. The van der Waals surface area contributed by atoms with Gasteiger partial charge in [-0.2, -0.15) is 0 Å². The minimum Gasteiger partial charge on any atom is -0.493 e. The lowest BCUT2D eigenvalue weighted by Gasteiger charge is -2.22. The molecule has 2 aliphatic heterocycles. The molecule has 168 valence electrons. The first-order valence-corrected chi connectivity index (χ1v) is 11.1. The molecule has 6 heteroatoms. The average Bonchev–Trinajstić information content (AvgIpc) is 3.00. The zero-order chi connectivity index (χ0) is 22.9. The topological polar surface area (TPSA) is 67.9 Å². The van der Waals surface area contributed by atoms with Crippen molar-refractivity contribution in [2.75, 3.05) is 20.3 Å². The predicted octanol–water partition coefficient (Wildman–Crippen LogP) is 4.27. The highest BCUT2D eigenvalue weighted by Crippen LogP contribution is 2.39. The summed E-state index contributed by atoms with van der Waals surface area (Å²) in [6, 6.07) is 19.5. The lowest BCUT2D eigenvalue weighted by Crippen LogP contribution is -2.35. The van der Waals surface area contributed by atoms with Crippen molar-refractivity contribution in [3.05, 3.63) is 82.9 Å². The first-order valence-electron chi connectivity index (χ1n) is 11.1. The summed E-state index contributed by atoms with van der Waals surface area (Å²) in [6.45, 7) is 3.34. The Kier molecular flexibility index (Phi) is 5.50. The third-order valence-corrected chi connectivity index (χ3v) is 6.32. The number of ether oxygens (including phenoxy) is 2. The van der Waals surface area contributed by atoms with Gasteiger partial charge in [0.15, 0.2) is 11.5 Å². The fourth-order valence-corrected chi connectivity index (χ4v) is 4.55. The first kappa shape index (κ1) is 21.1. The van der Waals surface area contributed by atoms with Gasteiger partial charge in [-0.25, -0.2) is 0 Å². The normalized spacial score (nSPS) is 16.8. The second-order valence-electron chi connectivity index (χ2n) is 8.51. The maximum atomic E-state index is 13.3. The lowest BCUT2D eigenvalue weighted by atomic mass is 10.00.